The summed E-state index contributed by atoms with van der Waals surface area (Å²) in [6.07, 6.45) is 0.557. The maximum Gasteiger partial charge on any atom is 0.245 e. The molecule has 3 aromatic rings. The Balaban J connectivity index is 1.88. The molecule has 2 atom stereocenters. The van der Waals surface area contributed by atoms with Crippen LogP contribution in [0, 0.1) is 3.95 Å². The van der Waals surface area contributed by atoms with Crippen molar-refractivity contribution in [3.63, 3.8) is 0 Å². The number of aromatic nitrogens is 2. The maximum absolute atomic E-state index is 13.3. The summed E-state index contributed by atoms with van der Waals surface area (Å²) in [7, 11) is 3.08. The van der Waals surface area contributed by atoms with Gasteiger partial charge in [-0.05, 0) is 35.5 Å². The van der Waals surface area contributed by atoms with Gasteiger partial charge in [-0.15, -0.1) is 5.10 Å². The summed E-state index contributed by atoms with van der Waals surface area (Å²) in [6, 6.07) is 12.8. The monoisotopic (exact) mass is 473 g/mol. The summed E-state index contributed by atoms with van der Waals surface area (Å²) in [5.41, 5.74) is 6.08. The van der Waals surface area contributed by atoms with E-state index < -0.39 is 17.5 Å². The lowest BCUT2D eigenvalue weighted by atomic mass is 9.84. The summed E-state index contributed by atoms with van der Waals surface area (Å²) in [6.45, 7) is 0.178. The van der Waals surface area contributed by atoms with Gasteiger partial charge < -0.3 is 30.6 Å². The van der Waals surface area contributed by atoms with Crippen molar-refractivity contribution in [2.24, 2.45) is 5.73 Å². The minimum Gasteiger partial charge on any atom is -0.493 e. The molecule has 1 amide bonds. The largest absolute Gasteiger partial charge is 0.493 e. The zero-order valence-corrected chi connectivity index (χ0v) is 19.1. The first-order valence-electron chi connectivity index (χ1n) is 9.52. The molecule has 0 spiro atoms. The predicted molar refractivity (Wildman–Crippen MR) is 124 cm³/mol. The highest BCUT2D eigenvalue weighted by Crippen LogP contribution is 2.28. The molecule has 0 aliphatic rings. The fraction of sp³-hybridized carbons (Fsp3) is 0.238. The van der Waals surface area contributed by atoms with E-state index in [-0.39, 0.29) is 6.54 Å². The predicted octanol–water partition coefficient (Wildman–Crippen LogP) is 2.37. The second-order valence-electron chi connectivity index (χ2n) is 6.82. The molecule has 11 heteroatoms. The summed E-state index contributed by atoms with van der Waals surface area (Å²) >= 11 is 6.20. The second kappa shape index (κ2) is 10.4. The highest BCUT2D eigenvalue weighted by atomic mass is 32.1. The number of carbonyl (C=O) groups is 2. The number of hydrogen-bond donors (Lipinski definition) is 4. The van der Waals surface area contributed by atoms with Crippen molar-refractivity contribution >= 4 is 40.9 Å². The average Bonchev–Trinajstić information content (AvgIpc) is 3.25. The Bertz CT molecular complexity index is 1130. The Morgan fingerprint density at radius 3 is 2.56 bits per heavy atom. The number of anilines is 1. The molecule has 0 saturated carbocycles. The Kier molecular flexibility index (Phi) is 7.57. The number of aromatic amines is 1. The number of nitrogens with zero attached hydrogens (tertiary/aromatic N) is 1. The Hall–Kier alpha value is -3.28. The van der Waals surface area contributed by atoms with Crippen LogP contribution in [-0.2, 0) is 21.7 Å². The van der Waals surface area contributed by atoms with Crippen LogP contribution in [0.15, 0.2) is 48.5 Å². The molecule has 2 aromatic carbocycles. The van der Waals surface area contributed by atoms with Crippen LogP contribution in [0.25, 0.3) is 0 Å². The number of nitrogens with two attached hydrogens (primary N) is 1. The third-order valence-corrected chi connectivity index (χ3v) is 5.85. The molecular formula is C21H23N5O4S2. The molecule has 168 valence electrons. The number of hydrogen-bond acceptors (Lipinski definition) is 9. The summed E-state index contributed by atoms with van der Waals surface area (Å²) in [5, 5.41) is 12.8. The third kappa shape index (κ3) is 5.13. The number of H-pyrrole nitrogens is 1. The van der Waals surface area contributed by atoms with Gasteiger partial charge in [-0.25, -0.2) is 0 Å². The summed E-state index contributed by atoms with van der Waals surface area (Å²) in [5.74, 6) is 0.628. The van der Waals surface area contributed by atoms with Crippen molar-refractivity contribution in [2.75, 3.05) is 19.5 Å². The molecule has 2 unspecified atom stereocenters. The Morgan fingerprint density at radius 1 is 1.25 bits per heavy atom. The van der Waals surface area contributed by atoms with Crippen LogP contribution in [0.3, 0.4) is 0 Å². The minimum atomic E-state index is -1.66. The van der Waals surface area contributed by atoms with Gasteiger partial charge in [-0.3, -0.25) is 9.89 Å². The van der Waals surface area contributed by atoms with Gasteiger partial charge in [-0.2, -0.15) is 0 Å². The maximum atomic E-state index is 13.3. The van der Waals surface area contributed by atoms with Crippen molar-refractivity contribution < 1.29 is 19.1 Å². The zero-order chi connectivity index (χ0) is 23.1. The molecule has 3 rings (SSSR count). The lowest BCUT2D eigenvalue weighted by Gasteiger charge is -2.32. The van der Waals surface area contributed by atoms with Gasteiger partial charge in [0.2, 0.25) is 11.0 Å². The van der Waals surface area contributed by atoms with Crippen molar-refractivity contribution in [1.29, 1.82) is 0 Å². The molecule has 0 saturated heterocycles. The molecule has 32 heavy (non-hydrogen) atoms. The smallest absolute Gasteiger partial charge is 0.245 e. The van der Waals surface area contributed by atoms with Crippen LogP contribution in [-0.4, -0.2) is 42.7 Å². The van der Waals surface area contributed by atoms with Crippen molar-refractivity contribution in [3.8, 4) is 11.5 Å². The third-order valence-electron chi connectivity index (χ3n) is 4.83. The van der Waals surface area contributed by atoms with Crippen LogP contribution in [0.2, 0.25) is 0 Å². The van der Waals surface area contributed by atoms with E-state index >= 15 is 0 Å². The lowest BCUT2D eigenvalue weighted by molar-refractivity contribution is -0.126. The molecule has 1 heterocycles. The fourth-order valence-electron chi connectivity index (χ4n) is 3.13. The van der Waals surface area contributed by atoms with Crippen molar-refractivity contribution in [3.05, 3.63) is 63.6 Å². The van der Waals surface area contributed by atoms with E-state index in [1.54, 1.807) is 55.6 Å². The van der Waals surface area contributed by atoms with Gasteiger partial charge in [0.15, 0.2) is 15.5 Å². The quantitative estimate of drug-likeness (QED) is 0.261. The molecule has 0 fully saturated rings. The van der Waals surface area contributed by atoms with Crippen molar-refractivity contribution in [1.82, 2.24) is 15.5 Å². The van der Waals surface area contributed by atoms with Gasteiger partial charge in [-0.1, -0.05) is 47.7 Å². The highest BCUT2D eigenvalue weighted by molar-refractivity contribution is 7.73. The minimum absolute atomic E-state index is 0.178. The molecule has 0 radical (unpaired) electrons. The normalized spacial score (nSPS) is 13.5. The Morgan fingerprint density at radius 2 is 1.97 bits per heavy atom. The molecule has 0 bridgehead atoms. The van der Waals surface area contributed by atoms with Crippen LogP contribution in [0.4, 0.5) is 5.13 Å². The topological polar surface area (TPSA) is 131 Å². The molecule has 5 N–H and O–H groups in total. The summed E-state index contributed by atoms with van der Waals surface area (Å²) < 4.78 is 11.0. The number of aldehydes is 1. The summed E-state index contributed by atoms with van der Waals surface area (Å²) in [4.78, 5) is 25.4. The van der Waals surface area contributed by atoms with Crippen LogP contribution in [0.1, 0.15) is 11.1 Å². The van der Waals surface area contributed by atoms with E-state index in [9.17, 15) is 9.59 Å². The molecule has 1 aromatic heterocycles. The van der Waals surface area contributed by atoms with Crippen LogP contribution >= 0.6 is 23.6 Å². The van der Waals surface area contributed by atoms with Crippen LogP contribution < -0.4 is 25.8 Å². The second-order valence-corrected chi connectivity index (χ2v) is 8.49. The number of benzene rings is 2. The van der Waals surface area contributed by atoms with Gasteiger partial charge in [0.1, 0.15) is 17.9 Å². The van der Waals surface area contributed by atoms with E-state index in [1.165, 1.54) is 7.11 Å². The first kappa shape index (κ1) is 23.4. The number of rotatable bonds is 10. The zero-order valence-electron chi connectivity index (χ0n) is 17.5. The molecule has 0 aliphatic heterocycles. The average molecular weight is 474 g/mol. The van der Waals surface area contributed by atoms with E-state index in [0.29, 0.717) is 32.4 Å². The van der Waals surface area contributed by atoms with Crippen molar-refractivity contribution in [2.45, 2.75) is 18.1 Å². The number of amides is 1. The van der Waals surface area contributed by atoms with Gasteiger partial charge in [0, 0.05) is 6.54 Å². The first-order chi connectivity index (χ1) is 15.4. The van der Waals surface area contributed by atoms with Gasteiger partial charge in [0.25, 0.3) is 0 Å². The highest BCUT2D eigenvalue weighted by Gasteiger charge is 2.42. The van der Waals surface area contributed by atoms with E-state index in [1.807, 2.05) is 0 Å². The van der Waals surface area contributed by atoms with Crippen LogP contribution in [0.5, 0.6) is 11.5 Å². The number of carbonyl (C=O) groups excluding carboxylic acids is 2. The standard InChI is InChI=1S/C21H23N5O4S2/c1-29-15-9-8-13(10-16(15)30-2)11-23-18(28)17(24-19-25-26-20(31)32-19)21(22,12-27)14-6-4-3-5-7-14/h3-10,12,17H,11,22H2,1-2H3,(H,23,28)(H,24,25)(H,26,31). The molecule has 9 nitrogen and oxygen atoms in total. The van der Waals surface area contributed by atoms with E-state index in [0.717, 1.165) is 16.9 Å². The number of nitrogens with one attached hydrogen (secondary N) is 3. The fourth-order valence-corrected chi connectivity index (χ4v) is 3.95. The SMILES string of the molecule is COc1ccc(CNC(=O)C(Nc2n[nH]c(=S)s2)C(N)(C=O)c2ccccc2)cc1OC. The van der Waals surface area contributed by atoms with E-state index in [4.69, 9.17) is 27.4 Å². The molecule has 0 aliphatic carbocycles. The first-order valence-corrected chi connectivity index (χ1v) is 10.7. The number of methoxy groups -OCH3 is 2. The Labute approximate surface area is 193 Å². The molecular weight excluding hydrogens is 450 g/mol. The van der Waals surface area contributed by atoms with E-state index in [2.05, 4.69) is 20.8 Å². The number of ether oxygens (including phenoxy) is 2. The lowest BCUT2D eigenvalue weighted by Crippen LogP contribution is -2.59. The van der Waals surface area contributed by atoms with Gasteiger partial charge >= 0.3 is 0 Å². The van der Waals surface area contributed by atoms with Gasteiger partial charge in [0.05, 0.1) is 14.2 Å².